The van der Waals surface area contributed by atoms with Crippen LogP contribution in [-0.4, -0.2) is 41.6 Å². The first-order valence-corrected chi connectivity index (χ1v) is 6.11. The van der Waals surface area contributed by atoms with Crippen molar-refractivity contribution in [2.75, 3.05) is 20.6 Å². The monoisotopic (exact) mass is 276 g/mol. The maximum Gasteiger partial charge on any atom is 0.271 e. The number of H-pyrrole nitrogens is 1. The second kappa shape index (κ2) is 6.16. The third-order valence-electron chi connectivity index (χ3n) is 2.86. The Morgan fingerprint density at radius 2 is 2.25 bits per heavy atom. The first-order valence-electron chi connectivity index (χ1n) is 6.11. The third-order valence-corrected chi connectivity index (χ3v) is 2.86. The number of carbonyl (C=O) groups is 1. The van der Waals surface area contributed by atoms with Crippen molar-refractivity contribution in [2.45, 2.75) is 6.04 Å². The molecule has 0 aliphatic carbocycles. The minimum atomic E-state index is -0.348. The maximum atomic E-state index is 11.9. The molecule has 20 heavy (non-hydrogen) atoms. The van der Waals surface area contributed by atoms with Crippen LogP contribution in [0.25, 0.3) is 0 Å². The Labute approximate surface area is 115 Å². The number of nitrogens with zero attached hydrogens (tertiary/aromatic N) is 2. The van der Waals surface area contributed by atoms with E-state index in [1.807, 2.05) is 25.1 Å². The molecule has 7 heteroatoms. The van der Waals surface area contributed by atoms with Crippen LogP contribution in [0.15, 0.2) is 39.7 Å². The summed E-state index contributed by atoms with van der Waals surface area (Å²) in [5.41, 5.74) is -0.176. The zero-order valence-electron chi connectivity index (χ0n) is 11.3. The molecule has 0 fully saturated rings. The number of hydrogen-bond acceptors (Lipinski definition) is 5. The van der Waals surface area contributed by atoms with E-state index >= 15 is 0 Å². The second-order valence-corrected chi connectivity index (χ2v) is 4.51. The Morgan fingerprint density at radius 1 is 1.45 bits per heavy atom. The van der Waals surface area contributed by atoms with E-state index in [0.29, 0.717) is 6.54 Å². The van der Waals surface area contributed by atoms with Crippen molar-refractivity contribution in [1.82, 2.24) is 20.4 Å². The van der Waals surface area contributed by atoms with Gasteiger partial charge in [0.2, 0.25) is 0 Å². The quantitative estimate of drug-likeness (QED) is 0.824. The minimum absolute atomic E-state index is 0.0725. The number of nitrogens with one attached hydrogen (secondary N) is 2. The van der Waals surface area contributed by atoms with Gasteiger partial charge in [0.15, 0.2) is 0 Å². The van der Waals surface area contributed by atoms with Crippen LogP contribution in [0.4, 0.5) is 0 Å². The van der Waals surface area contributed by atoms with Crippen LogP contribution < -0.4 is 10.9 Å². The van der Waals surface area contributed by atoms with Gasteiger partial charge in [0, 0.05) is 12.6 Å². The molecule has 0 bridgehead atoms. The molecule has 2 N–H and O–H groups in total. The van der Waals surface area contributed by atoms with Gasteiger partial charge in [0.05, 0.1) is 12.3 Å². The van der Waals surface area contributed by atoms with E-state index < -0.39 is 0 Å². The normalized spacial score (nSPS) is 12.3. The standard InChI is InChI=1S/C13H16N4O3/c1-17(2)10(11-4-3-7-20-11)8-14-13(19)9-5-6-12(18)16-15-9/h3-7,10H,8H2,1-2H3,(H,14,19)(H,16,18)/t10-/m0/s1. The van der Waals surface area contributed by atoms with Crippen LogP contribution in [0.1, 0.15) is 22.3 Å². The second-order valence-electron chi connectivity index (χ2n) is 4.51. The summed E-state index contributed by atoms with van der Waals surface area (Å²) in [7, 11) is 3.80. The summed E-state index contributed by atoms with van der Waals surface area (Å²) in [6, 6.07) is 6.23. The minimum Gasteiger partial charge on any atom is -0.468 e. The average molecular weight is 276 g/mol. The highest BCUT2D eigenvalue weighted by atomic mass is 16.3. The van der Waals surface area contributed by atoms with Crippen molar-refractivity contribution in [3.8, 4) is 0 Å². The molecule has 1 amide bonds. The van der Waals surface area contributed by atoms with E-state index in [9.17, 15) is 9.59 Å². The summed E-state index contributed by atoms with van der Waals surface area (Å²) >= 11 is 0. The van der Waals surface area contributed by atoms with Crippen molar-refractivity contribution < 1.29 is 9.21 Å². The van der Waals surface area contributed by atoms with Gasteiger partial charge in [-0.15, -0.1) is 0 Å². The number of furan rings is 1. The molecule has 0 aliphatic rings. The third kappa shape index (κ3) is 3.33. The lowest BCUT2D eigenvalue weighted by molar-refractivity contribution is 0.0933. The van der Waals surface area contributed by atoms with Crippen molar-refractivity contribution >= 4 is 5.91 Å². The zero-order chi connectivity index (χ0) is 14.5. The predicted octanol–water partition coefficient (Wildman–Crippen LogP) is 0.396. The number of aromatic nitrogens is 2. The number of rotatable bonds is 5. The topological polar surface area (TPSA) is 91.2 Å². The van der Waals surface area contributed by atoms with Crippen molar-refractivity contribution in [3.63, 3.8) is 0 Å². The Morgan fingerprint density at radius 3 is 2.80 bits per heavy atom. The van der Waals surface area contributed by atoms with E-state index in [1.54, 1.807) is 12.3 Å². The van der Waals surface area contributed by atoms with Crippen molar-refractivity contribution in [2.24, 2.45) is 0 Å². The smallest absolute Gasteiger partial charge is 0.271 e. The van der Waals surface area contributed by atoms with Crippen molar-refractivity contribution in [1.29, 1.82) is 0 Å². The molecule has 0 aliphatic heterocycles. The van der Waals surface area contributed by atoms with Crippen LogP contribution in [0.3, 0.4) is 0 Å². The lowest BCUT2D eigenvalue weighted by Gasteiger charge is -2.22. The average Bonchev–Trinajstić information content (AvgIpc) is 2.93. The summed E-state index contributed by atoms with van der Waals surface area (Å²) in [5, 5.41) is 8.66. The van der Waals surface area contributed by atoms with Gasteiger partial charge in [-0.25, -0.2) is 5.10 Å². The SMILES string of the molecule is CN(C)[C@@H](CNC(=O)c1ccc(=O)[nH]n1)c1ccco1. The number of aromatic amines is 1. The highest BCUT2D eigenvalue weighted by Crippen LogP contribution is 2.17. The molecule has 2 aromatic heterocycles. The van der Waals surface area contributed by atoms with Gasteiger partial charge >= 0.3 is 0 Å². The molecule has 2 aromatic rings. The molecular weight excluding hydrogens is 260 g/mol. The Balaban J connectivity index is 2.01. The number of amides is 1. The molecule has 0 aromatic carbocycles. The highest BCUT2D eigenvalue weighted by molar-refractivity contribution is 5.91. The molecule has 7 nitrogen and oxygen atoms in total. The van der Waals surface area contributed by atoms with Crippen LogP contribution >= 0.6 is 0 Å². The summed E-state index contributed by atoms with van der Waals surface area (Å²) in [6.45, 7) is 0.375. The lowest BCUT2D eigenvalue weighted by Crippen LogP contribution is -2.35. The summed E-state index contributed by atoms with van der Waals surface area (Å²) < 4.78 is 5.35. The number of likely N-dealkylation sites (N-methyl/N-ethyl adjacent to an activating group) is 1. The predicted molar refractivity (Wildman–Crippen MR) is 72.3 cm³/mol. The summed E-state index contributed by atoms with van der Waals surface area (Å²) in [5.74, 6) is 0.421. The number of hydrogen-bond donors (Lipinski definition) is 2. The Hall–Kier alpha value is -2.41. The molecule has 0 radical (unpaired) electrons. The lowest BCUT2D eigenvalue weighted by atomic mass is 10.2. The van der Waals surface area contributed by atoms with E-state index in [2.05, 4.69) is 15.5 Å². The Kier molecular flexibility index (Phi) is 4.31. The zero-order valence-corrected chi connectivity index (χ0v) is 11.3. The molecule has 0 saturated carbocycles. The molecule has 0 spiro atoms. The van der Waals surface area contributed by atoms with Crippen LogP contribution in [0.2, 0.25) is 0 Å². The van der Waals surface area contributed by atoms with Gasteiger partial charge in [-0.05, 0) is 32.3 Å². The first-order chi connectivity index (χ1) is 9.58. The molecular formula is C13H16N4O3. The summed E-state index contributed by atoms with van der Waals surface area (Å²) in [4.78, 5) is 24.7. The van der Waals surface area contributed by atoms with Crippen LogP contribution in [0, 0.1) is 0 Å². The molecule has 0 saturated heterocycles. The fourth-order valence-corrected chi connectivity index (χ4v) is 1.77. The Bertz CT molecular complexity index is 598. The largest absolute Gasteiger partial charge is 0.468 e. The van der Waals surface area contributed by atoms with E-state index in [1.165, 1.54) is 12.1 Å². The van der Waals surface area contributed by atoms with Gasteiger partial charge in [0.25, 0.3) is 11.5 Å². The van der Waals surface area contributed by atoms with E-state index in [-0.39, 0.29) is 23.2 Å². The fourth-order valence-electron chi connectivity index (χ4n) is 1.77. The van der Waals surface area contributed by atoms with Crippen LogP contribution in [-0.2, 0) is 0 Å². The van der Waals surface area contributed by atoms with Gasteiger partial charge in [-0.2, -0.15) is 5.10 Å². The highest BCUT2D eigenvalue weighted by Gasteiger charge is 2.18. The molecule has 2 heterocycles. The molecule has 106 valence electrons. The van der Waals surface area contributed by atoms with Gasteiger partial charge < -0.3 is 9.73 Å². The number of carbonyl (C=O) groups excluding carboxylic acids is 1. The van der Waals surface area contributed by atoms with E-state index in [0.717, 1.165) is 5.76 Å². The van der Waals surface area contributed by atoms with Gasteiger partial charge in [-0.1, -0.05) is 0 Å². The van der Waals surface area contributed by atoms with E-state index in [4.69, 9.17) is 4.42 Å². The van der Waals surface area contributed by atoms with Crippen LogP contribution in [0.5, 0.6) is 0 Å². The maximum absolute atomic E-state index is 11.9. The van der Waals surface area contributed by atoms with Gasteiger partial charge in [0.1, 0.15) is 11.5 Å². The van der Waals surface area contributed by atoms with Crippen molar-refractivity contribution in [3.05, 3.63) is 52.3 Å². The molecule has 2 rings (SSSR count). The molecule has 1 atom stereocenters. The molecule has 0 unspecified atom stereocenters. The first kappa shape index (κ1) is 14.0. The fraction of sp³-hybridized carbons (Fsp3) is 0.308. The van der Waals surface area contributed by atoms with Gasteiger partial charge in [-0.3, -0.25) is 14.5 Å². The summed E-state index contributed by atoms with van der Waals surface area (Å²) in [6.07, 6.45) is 1.59.